The predicted octanol–water partition coefficient (Wildman–Crippen LogP) is 4.37. The van der Waals surface area contributed by atoms with Crippen molar-refractivity contribution in [2.45, 2.75) is 26.9 Å². The van der Waals surface area contributed by atoms with E-state index in [9.17, 15) is 14.4 Å². The van der Waals surface area contributed by atoms with Gasteiger partial charge in [0.15, 0.2) is 5.78 Å². The molecule has 2 N–H and O–H groups in total. The lowest BCUT2D eigenvalue weighted by atomic mass is 10.1. The number of hydrogen-bond acceptors (Lipinski definition) is 4. The SMILES string of the molecule is CC(=O)c1c[nH]c(C(=O)O[C@@H](C(=O)Nc2cc(C)ccc2C)c2ccccc2)c1. The standard InChI is InChI=1S/C23H22N2O4/c1-14-9-10-15(2)19(11-14)25-22(27)21(17-7-5-4-6-8-17)29-23(28)20-12-18(13-24-20)16(3)26/h4-13,21,24H,1-3H3,(H,25,27)/t21-/m1/s1. The molecule has 6 heteroatoms. The minimum Gasteiger partial charge on any atom is -0.443 e. The number of anilines is 1. The molecule has 3 rings (SSSR count). The fraction of sp³-hybridized carbons (Fsp3) is 0.174. The summed E-state index contributed by atoms with van der Waals surface area (Å²) in [5.41, 5.74) is 3.58. The van der Waals surface area contributed by atoms with E-state index in [0.717, 1.165) is 11.1 Å². The van der Waals surface area contributed by atoms with E-state index in [1.807, 2.05) is 38.1 Å². The van der Waals surface area contributed by atoms with E-state index < -0.39 is 18.0 Å². The van der Waals surface area contributed by atoms with Crippen molar-refractivity contribution in [3.8, 4) is 0 Å². The Hall–Kier alpha value is -3.67. The van der Waals surface area contributed by atoms with Crippen LogP contribution in [-0.4, -0.2) is 22.6 Å². The van der Waals surface area contributed by atoms with Crippen molar-refractivity contribution in [1.29, 1.82) is 0 Å². The second-order valence-corrected chi connectivity index (χ2v) is 6.86. The number of aryl methyl sites for hydroxylation is 2. The number of nitrogens with one attached hydrogen (secondary N) is 2. The molecule has 1 atom stereocenters. The number of carbonyl (C=O) groups is 3. The second kappa shape index (κ2) is 8.56. The number of esters is 1. The second-order valence-electron chi connectivity index (χ2n) is 6.86. The Balaban J connectivity index is 1.86. The molecule has 148 valence electrons. The van der Waals surface area contributed by atoms with Crippen molar-refractivity contribution in [3.63, 3.8) is 0 Å². The van der Waals surface area contributed by atoms with Gasteiger partial charge in [-0.05, 0) is 44.0 Å². The Labute approximate surface area is 168 Å². The smallest absolute Gasteiger partial charge is 0.355 e. The van der Waals surface area contributed by atoms with Crippen molar-refractivity contribution in [1.82, 2.24) is 4.98 Å². The third-order valence-corrected chi connectivity index (χ3v) is 4.53. The number of amides is 1. The van der Waals surface area contributed by atoms with Crippen molar-refractivity contribution in [2.75, 3.05) is 5.32 Å². The van der Waals surface area contributed by atoms with Gasteiger partial charge < -0.3 is 15.0 Å². The average Bonchev–Trinajstić information content (AvgIpc) is 3.20. The molecule has 3 aromatic rings. The number of hydrogen-bond donors (Lipinski definition) is 2. The number of aromatic amines is 1. The zero-order valence-electron chi connectivity index (χ0n) is 16.5. The van der Waals surface area contributed by atoms with Gasteiger partial charge in [0.2, 0.25) is 6.10 Å². The maximum atomic E-state index is 13.0. The molecule has 0 bridgehead atoms. The molecule has 0 fully saturated rings. The van der Waals surface area contributed by atoms with E-state index in [2.05, 4.69) is 10.3 Å². The summed E-state index contributed by atoms with van der Waals surface area (Å²) in [5, 5.41) is 2.85. The van der Waals surface area contributed by atoms with Gasteiger partial charge in [0.05, 0.1) is 0 Å². The molecular formula is C23H22N2O4. The summed E-state index contributed by atoms with van der Waals surface area (Å²) in [6, 6.07) is 15.9. The third kappa shape index (κ3) is 4.79. The van der Waals surface area contributed by atoms with Crippen LogP contribution in [-0.2, 0) is 9.53 Å². The Morgan fingerprint density at radius 3 is 2.38 bits per heavy atom. The molecule has 0 aliphatic heterocycles. The number of carbonyl (C=O) groups excluding carboxylic acids is 3. The Bertz CT molecular complexity index is 1050. The summed E-state index contributed by atoms with van der Waals surface area (Å²) in [5.74, 6) is -1.35. The fourth-order valence-corrected chi connectivity index (χ4v) is 2.86. The molecule has 0 aliphatic carbocycles. The summed E-state index contributed by atoms with van der Waals surface area (Å²) in [7, 11) is 0. The lowest BCUT2D eigenvalue weighted by Crippen LogP contribution is -2.26. The first kappa shape index (κ1) is 20.1. The molecule has 0 saturated carbocycles. The number of Topliss-reactive ketones (excluding diaryl/α,β-unsaturated/α-hetero) is 1. The molecule has 1 heterocycles. The van der Waals surface area contributed by atoms with Gasteiger partial charge in [-0.3, -0.25) is 9.59 Å². The van der Waals surface area contributed by atoms with E-state index in [1.54, 1.807) is 24.3 Å². The van der Waals surface area contributed by atoms with Crippen molar-refractivity contribution in [3.05, 3.63) is 88.7 Å². The Kier molecular flexibility index (Phi) is 5.93. The van der Waals surface area contributed by atoms with Crippen LogP contribution in [0.15, 0.2) is 60.8 Å². The highest BCUT2D eigenvalue weighted by atomic mass is 16.5. The first-order valence-electron chi connectivity index (χ1n) is 9.18. The molecule has 0 spiro atoms. The maximum absolute atomic E-state index is 13.0. The highest BCUT2D eigenvalue weighted by molar-refractivity contribution is 6.00. The van der Waals surface area contributed by atoms with Gasteiger partial charge in [0, 0.05) is 23.0 Å². The lowest BCUT2D eigenvalue weighted by molar-refractivity contribution is -0.125. The van der Waals surface area contributed by atoms with Gasteiger partial charge in [-0.25, -0.2) is 4.79 Å². The monoisotopic (exact) mass is 390 g/mol. The van der Waals surface area contributed by atoms with E-state index in [-0.39, 0.29) is 11.5 Å². The summed E-state index contributed by atoms with van der Waals surface area (Å²) in [6.45, 7) is 5.23. The molecule has 29 heavy (non-hydrogen) atoms. The molecule has 1 amide bonds. The number of aromatic nitrogens is 1. The number of H-pyrrole nitrogens is 1. The zero-order chi connectivity index (χ0) is 21.0. The first-order valence-corrected chi connectivity index (χ1v) is 9.18. The maximum Gasteiger partial charge on any atom is 0.355 e. The minimum absolute atomic E-state index is 0.107. The largest absolute Gasteiger partial charge is 0.443 e. The van der Waals surface area contributed by atoms with Gasteiger partial charge in [-0.1, -0.05) is 42.5 Å². The van der Waals surface area contributed by atoms with Crippen LogP contribution in [0.1, 0.15) is 50.6 Å². The topological polar surface area (TPSA) is 88.3 Å². The zero-order valence-corrected chi connectivity index (χ0v) is 16.5. The van der Waals surface area contributed by atoms with Gasteiger partial charge in [0.1, 0.15) is 5.69 Å². The van der Waals surface area contributed by atoms with E-state index >= 15 is 0 Å². The molecule has 6 nitrogen and oxygen atoms in total. The Morgan fingerprint density at radius 2 is 1.72 bits per heavy atom. The summed E-state index contributed by atoms with van der Waals surface area (Å²) in [6.07, 6.45) is 0.291. The van der Waals surface area contributed by atoms with Crippen LogP contribution in [0.4, 0.5) is 5.69 Å². The average molecular weight is 390 g/mol. The normalized spacial score (nSPS) is 11.6. The van der Waals surface area contributed by atoms with E-state index in [4.69, 9.17) is 4.74 Å². The number of ether oxygens (including phenoxy) is 1. The van der Waals surface area contributed by atoms with Crippen LogP contribution >= 0.6 is 0 Å². The summed E-state index contributed by atoms with van der Waals surface area (Å²) < 4.78 is 5.53. The first-order chi connectivity index (χ1) is 13.8. The van der Waals surface area contributed by atoms with Crippen molar-refractivity contribution < 1.29 is 19.1 Å². The van der Waals surface area contributed by atoms with E-state index in [0.29, 0.717) is 16.8 Å². The van der Waals surface area contributed by atoms with Crippen molar-refractivity contribution >= 4 is 23.3 Å². The molecule has 0 aliphatic rings. The van der Waals surface area contributed by atoms with Crippen LogP contribution in [0, 0.1) is 13.8 Å². The number of ketones is 1. The van der Waals surface area contributed by atoms with Gasteiger partial charge >= 0.3 is 5.97 Å². The molecular weight excluding hydrogens is 368 g/mol. The van der Waals surface area contributed by atoms with Crippen LogP contribution < -0.4 is 5.32 Å². The van der Waals surface area contributed by atoms with E-state index in [1.165, 1.54) is 19.2 Å². The Morgan fingerprint density at radius 1 is 1.00 bits per heavy atom. The van der Waals surface area contributed by atoms with Crippen LogP contribution in [0.25, 0.3) is 0 Å². The quantitative estimate of drug-likeness (QED) is 0.483. The highest BCUT2D eigenvalue weighted by Gasteiger charge is 2.27. The van der Waals surface area contributed by atoms with Crippen LogP contribution in [0.2, 0.25) is 0 Å². The minimum atomic E-state index is -1.15. The lowest BCUT2D eigenvalue weighted by Gasteiger charge is -2.19. The fourth-order valence-electron chi connectivity index (χ4n) is 2.86. The summed E-state index contributed by atoms with van der Waals surface area (Å²) >= 11 is 0. The van der Waals surface area contributed by atoms with Gasteiger partial charge in [-0.15, -0.1) is 0 Å². The summed E-state index contributed by atoms with van der Waals surface area (Å²) in [4.78, 5) is 39.8. The van der Waals surface area contributed by atoms with Crippen LogP contribution in [0.3, 0.4) is 0 Å². The highest BCUT2D eigenvalue weighted by Crippen LogP contribution is 2.24. The van der Waals surface area contributed by atoms with Crippen LogP contribution in [0.5, 0.6) is 0 Å². The van der Waals surface area contributed by atoms with Gasteiger partial charge in [-0.2, -0.15) is 0 Å². The van der Waals surface area contributed by atoms with Gasteiger partial charge in [0.25, 0.3) is 5.91 Å². The van der Waals surface area contributed by atoms with Crippen molar-refractivity contribution in [2.24, 2.45) is 0 Å². The third-order valence-electron chi connectivity index (χ3n) is 4.53. The molecule has 0 unspecified atom stereocenters. The predicted molar refractivity (Wildman–Crippen MR) is 110 cm³/mol. The molecule has 2 aromatic carbocycles. The number of benzene rings is 2. The molecule has 0 radical (unpaired) electrons. The molecule has 1 aromatic heterocycles. The number of rotatable bonds is 6. The molecule has 0 saturated heterocycles.